The number of anilines is 1. The fourth-order valence-corrected chi connectivity index (χ4v) is 5.27. The van der Waals surface area contributed by atoms with Crippen molar-refractivity contribution in [3.8, 4) is 11.5 Å². The van der Waals surface area contributed by atoms with E-state index >= 15 is 0 Å². The number of hydrogen-bond acceptors (Lipinski definition) is 8. The number of hydrogen-bond donors (Lipinski definition) is 1. The Kier molecular flexibility index (Phi) is 7.39. The lowest BCUT2D eigenvalue weighted by Crippen LogP contribution is -2.40. The summed E-state index contributed by atoms with van der Waals surface area (Å²) in [5.74, 6) is 0.971. The van der Waals surface area contributed by atoms with Gasteiger partial charge in [0.2, 0.25) is 10.0 Å². The molecule has 0 bridgehead atoms. The Bertz CT molecular complexity index is 1290. The average Bonchev–Trinajstić information content (AvgIpc) is 3.20. The van der Waals surface area contributed by atoms with E-state index in [0.717, 1.165) is 11.3 Å². The molecule has 35 heavy (non-hydrogen) atoms. The van der Waals surface area contributed by atoms with E-state index in [2.05, 4.69) is 10.5 Å². The average molecular weight is 502 g/mol. The van der Waals surface area contributed by atoms with E-state index < -0.39 is 15.9 Å². The molecule has 0 saturated carbocycles. The van der Waals surface area contributed by atoms with E-state index in [0.29, 0.717) is 36.0 Å². The van der Waals surface area contributed by atoms with Crippen LogP contribution in [0.3, 0.4) is 0 Å². The number of aryl methyl sites for hydroxylation is 2. The second kappa shape index (κ2) is 10.5. The summed E-state index contributed by atoms with van der Waals surface area (Å²) in [6.07, 6.45) is 0. The molecule has 0 atom stereocenters. The zero-order valence-electron chi connectivity index (χ0n) is 19.7. The number of rotatable bonds is 8. The molecule has 0 aliphatic carbocycles. The zero-order valence-corrected chi connectivity index (χ0v) is 20.6. The molecule has 1 amide bonds. The second-order valence-corrected chi connectivity index (χ2v) is 9.86. The third-order valence-electron chi connectivity index (χ3n) is 5.67. The van der Waals surface area contributed by atoms with Crippen LogP contribution < -0.4 is 14.8 Å². The van der Waals surface area contributed by atoms with Gasteiger partial charge >= 0.3 is 0 Å². The third kappa shape index (κ3) is 5.47. The van der Waals surface area contributed by atoms with Crippen molar-refractivity contribution in [1.82, 2.24) is 9.46 Å². The summed E-state index contributed by atoms with van der Waals surface area (Å²) < 4.78 is 49.2. The summed E-state index contributed by atoms with van der Waals surface area (Å²) in [7, 11) is -2.42. The van der Waals surface area contributed by atoms with Crippen molar-refractivity contribution in [2.24, 2.45) is 0 Å². The minimum atomic E-state index is -3.83. The first-order valence-corrected chi connectivity index (χ1v) is 12.5. The van der Waals surface area contributed by atoms with Crippen molar-refractivity contribution in [2.75, 3.05) is 38.7 Å². The first kappa shape index (κ1) is 24.7. The summed E-state index contributed by atoms with van der Waals surface area (Å²) in [5, 5.41) is 6.66. The van der Waals surface area contributed by atoms with Crippen LogP contribution in [0.2, 0.25) is 0 Å². The number of ether oxygens (including phenoxy) is 3. The normalized spacial score (nSPS) is 14.5. The van der Waals surface area contributed by atoms with Crippen molar-refractivity contribution in [1.29, 1.82) is 0 Å². The largest absolute Gasteiger partial charge is 0.495 e. The lowest BCUT2D eigenvalue weighted by molar-refractivity contribution is 0.0729. The summed E-state index contributed by atoms with van der Waals surface area (Å²) in [6.45, 7) is 5.06. The Morgan fingerprint density at radius 1 is 1.14 bits per heavy atom. The van der Waals surface area contributed by atoms with Crippen molar-refractivity contribution in [3.63, 3.8) is 0 Å². The summed E-state index contributed by atoms with van der Waals surface area (Å²) in [4.78, 5) is 12.9. The molecule has 1 saturated heterocycles. The molecule has 1 fully saturated rings. The maximum absolute atomic E-state index is 13.2. The molecule has 1 N–H and O–H groups in total. The van der Waals surface area contributed by atoms with Crippen LogP contribution in [0.1, 0.15) is 27.4 Å². The van der Waals surface area contributed by atoms with E-state index in [9.17, 15) is 13.2 Å². The van der Waals surface area contributed by atoms with Crippen molar-refractivity contribution in [3.05, 3.63) is 65.0 Å². The van der Waals surface area contributed by atoms with Crippen molar-refractivity contribution in [2.45, 2.75) is 25.3 Å². The molecule has 10 nitrogen and oxygen atoms in total. The van der Waals surface area contributed by atoms with Crippen LogP contribution in [0, 0.1) is 13.8 Å². The molecule has 0 spiro atoms. The standard InChI is InChI=1S/C24H27N3O7S/c1-16-21(17(2)34-26-16)15-33-20-6-4-5-18(13-20)24(28)25-19-7-8-22(31-3)23(14-19)35(29,30)27-9-11-32-12-10-27/h4-8,13-14H,9-12,15H2,1-3H3,(H,25,28). The van der Waals surface area contributed by atoms with Crippen molar-refractivity contribution >= 4 is 21.6 Å². The van der Waals surface area contributed by atoms with Gasteiger partial charge in [0.15, 0.2) is 0 Å². The number of amides is 1. The monoisotopic (exact) mass is 501 g/mol. The van der Waals surface area contributed by atoms with E-state index in [4.69, 9.17) is 18.7 Å². The molecule has 0 unspecified atom stereocenters. The molecule has 1 aliphatic rings. The number of methoxy groups -OCH3 is 1. The first-order chi connectivity index (χ1) is 16.8. The number of nitrogens with zero attached hydrogens (tertiary/aromatic N) is 2. The lowest BCUT2D eigenvalue weighted by Gasteiger charge is -2.26. The highest BCUT2D eigenvalue weighted by Crippen LogP contribution is 2.30. The molecule has 3 aromatic rings. The Morgan fingerprint density at radius 2 is 1.91 bits per heavy atom. The lowest BCUT2D eigenvalue weighted by atomic mass is 10.2. The van der Waals surface area contributed by atoms with Gasteiger partial charge in [0.05, 0.1) is 31.6 Å². The Hall–Kier alpha value is -3.41. The van der Waals surface area contributed by atoms with Crippen LogP contribution in [-0.4, -0.2) is 57.2 Å². The minimum absolute atomic E-state index is 0.0174. The molecule has 186 valence electrons. The molecule has 1 aliphatic heterocycles. The number of sulfonamides is 1. The third-order valence-corrected chi connectivity index (χ3v) is 7.59. The van der Waals surface area contributed by atoms with Gasteiger partial charge in [-0.15, -0.1) is 0 Å². The van der Waals surface area contributed by atoms with Crippen LogP contribution in [0.5, 0.6) is 11.5 Å². The number of benzene rings is 2. The molecule has 2 aromatic carbocycles. The van der Waals surface area contributed by atoms with Gasteiger partial charge in [-0.3, -0.25) is 4.79 Å². The van der Waals surface area contributed by atoms with E-state index in [1.54, 1.807) is 30.3 Å². The minimum Gasteiger partial charge on any atom is -0.495 e. The van der Waals surface area contributed by atoms with Gasteiger partial charge in [0, 0.05) is 24.3 Å². The predicted molar refractivity (Wildman–Crippen MR) is 127 cm³/mol. The molecule has 2 heterocycles. The fraction of sp³-hybridized carbons (Fsp3) is 0.333. The SMILES string of the molecule is COc1ccc(NC(=O)c2cccc(OCc3c(C)noc3C)c2)cc1S(=O)(=O)N1CCOCC1. The van der Waals surface area contributed by atoms with E-state index in [-0.39, 0.29) is 30.3 Å². The summed E-state index contributed by atoms with van der Waals surface area (Å²) >= 11 is 0. The number of morpholine rings is 1. The van der Waals surface area contributed by atoms with Gasteiger partial charge in [-0.2, -0.15) is 4.31 Å². The number of carbonyl (C=O) groups excluding carboxylic acids is 1. The van der Waals surface area contributed by atoms with Gasteiger partial charge in [-0.25, -0.2) is 8.42 Å². The number of nitrogens with one attached hydrogen (secondary N) is 1. The quantitative estimate of drug-likeness (QED) is 0.500. The highest BCUT2D eigenvalue weighted by Gasteiger charge is 2.29. The molecule has 1 aromatic heterocycles. The Labute approximate surface area is 203 Å². The highest BCUT2D eigenvalue weighted by molar-refractivity contribution is 7.89. The van der Waals surface area contributed by atoms with Gasteiger partial charge in [0.1, 0.15) is 28.8 Å². The van der Waals surface area contributed by atoms with Crippen LogP contribution in [0.15, 0.2) is 51.9 Å². The van der Waals surface area contributed by atoms with Crippen molar-refractivity contribution < 1.29 is 31.9 Å². The predicted octanol–water partition coefficient (Wildman–Crippen LogP) is 3.15. The topological polar surface area (TPSA) is 120 Å². The van der Waals surface area contributed by atoms with Gasteiger partial charge in [-0.1, -0.05) is 11.2 Å². The van der Waals surface area contributed by atoms with Crippen LogP contribution in [0.4, 0.5) is 5.69 Å². The van der Waals surface area contributed by atoms with E-state index in [1.807, 2.05) is 13.8 Å². The highest BCUT2D eigenvalue weighted by atomic mass is 32.2. The smallest absolute Gasteiger partial charge is 0.255 e. The maximum Gasteiger partial charge on any atom is 0.255 e. The first-order valence-electron chi connectivity index (χ1n) is 11.0. The van der Waals surface area contributed by atoms with Crippen LogP contribution >= 0.6 is 0 Å². The molecule has 0 radical (unpaired) electrons. The Balaban J connectivity index is 1.51. The number of aromatic nitrogens is 1. The van der Waals surface area contributed by atoms with Gasteiger partial charge < -0.3 is 24.1 Å². The Morgan fingerprint density at radius 3 is 2.60 bits per heavy atom. The zero-order chi connectivity index (χ0) is 25.0. The van der Waals surface area contributed by atoms with E-state index in [1.165, 1.54) is 23.5 Å². The maximum atomic E-state index is 13.2. The van der Waals surface area contributed by atoms with Gasteiger partial charge in [0.25, 0.3) is 5.91 Å². The molecule has 11 heteroatoms. The molecule has 4 rings (SSSR count). The summed E-state index contributed by atoms with van der Waals surface area (Å²) in [6, 6.07) is 11.2. The van der Waals surface area contributed by atoms with Gasteiger partial charge in [-0.05, 0) is 50.2 Å². The fourth-order valence-electron chi connectivity index (χ4n) is 3.68. The molecular formula is C24H27N3O7S. The molecular weight excluding hydrogens is 474 g/mol. The second-order valence-electron chi connectivity index (χ2n) is 7.96. The van der Waals surface area contributed by atoms with Crippen LogP contribution in [0.25, 0.3) is 0 Å². The number of carbonyl (C=O) groups is 1. The van der Waals surface area contributed by atoms with Crippen LogP contribution in [-0.2, 0) is 21.4 Å². The summed E-state index contributed by atoms with van der Waals surface area (Å²) in [5.41, 5.74) is 2.28.